The largest absolute Gasteiger partial charge is 0.346 e. The van der Waals surface area contributed by atoms with E-state index in [0.717, 1.165) is 0 Å². The van der Waals surface area contributed by atoms with Gasteiger partial charge in [0.05, 0.1) is 5.88 Å². The minimum Gasteiger partial charge on any atom is -0.346 e. The van der Waals surface area contributed by atoms with Crippen LogP contribution in [0.1, 0.15) is 6.92 Å². The van der Waals surface area contributed by atoms with E-state index >= 15 is 0 Å². The maximum Gasteiger partial charge on any atom is 0.244 e. The van der Waals surface area contributed by atoms with E-state index in [1.807, 2.05) is 0 Å². The molecule has 4 nitrogen and oxygen atoms in total. The number of rotatable bonds is 4. The van der Waals surface area contributed by atoms with E-state index in [9.17, 15) is 9.59 Å². The summed E-state index contributed by atoms with van der Waals surface area (Å²) in [7, 11) is 0. The van der Waals surface area contributed by atoms with Crippen LogP contribution in [0.2, 0.25) is 0 Å². The third-order valence-corrected chi connectivity index (χ3v) is 1.65. The fraction of sp³-hybridized carbons (Fsp3) is 0.667. The molecule has 2 N–H and O–H groups in total. The molecule has 0 aromatic rings. The predicted molar refractivity (Wildman–Crippen MR) is 53.5 cm³/mol. The molecule has 70 valence electrons. The van der Waals surface area contributed by atoms with E-state index in [1.54, 1.807) is 0 Å². The molecular weight excluding hydrogens is 196 g/mol. The summed E-state index contributed by atoms with van der Waals surface area (Å²) in [6, 6.07) is -0.571. The van der Waals surface area contributed by atoms with Gasteiger partial charge in [0, 0.05) is 12.7 Å². The molecule has 0 aromatic carbocycles. The number of amides is 2. The Morgan fingerprint density at radius 3 is 2.33 bits per heavy atom. The topological polar surface area (TPSA) is 58.2 Å². The average Bonchev–Trinajstić information content (AvgIpc) is 2.00. The summed E-state index contributed by atoms with van der Waals surface area (Å²) in [6.07, 6.45) is 0. The highest BCUT2D eigenvalue weighted by atomic mass is 32.1. The summed E-state index contributed by atoms with van der Waals surface area (Å²) in [4.78, 5) is 21.7. The fourth-order valence-corrected chi connectivity index (χ4v) is 1.05. The van der Waals surface area contributed by atoms with Crippen LogP contribution in [-0.2, 0) is 9.59 Å². The van der Waals surface area contributed by atoms with Crippen molar-refractivity contribution >= 4 is 37.1 Å². The van der Waals surface area contributed by atoms with Crippen molar-refractivity contribution in [2.75, 3.05) is 11.6 Å². The van der Waals surface area contributed by atoms with E-state index < -0.39 is 6.04 Å². The van der Waals surface area contributed by atoms with Gasteiger partial charge >= 0.3 is 0 Å². The van der Waals surface area contributed by atoms with Crippen LogP contribution in [0.4, 0.5) is 0 Å². The van der Waals surface area contributed by atoms with E-state index in [-0.39, 0.29) is 23.4 Å². The third-order valence-electron chi connectivity index (χ3n) is 1.13. The van der Waals surface area contributed by atoms with Gasteiger partial charge in [-0.3, -0.25) is 9.59 Å². The highest BCUT2D eigenvalue weighted by Crippen LogP contribution is 1.88. The van der Waals surface area contributed by atoms with Crippen LogP contribution in [0.25, 0.3) is 0 Å². The molecule has 0 aromatic heterocycles. The number of nitrogens with one attached hydrogen (secondary N) is 2. The van der Waals surface area contributed by atoms with Gasteiger partial charge in [-0.25, -0.2) is 0 Å². The second-order valence-electron chi connectivity index (χ2n) is 2.13. The first kappa shape index (κ1) is 11.6. The maximum atomic E-state index is 11.1. The quantitative estimate of drug-likeness (QED) is 0.369. The highest BCUT2D eigenvalue weighted by molar-refractivity contribution is 7.80. The second-order valence-corrected chi connectivity index (χ2v) is 2.82. The molecule has 0 spiro atoms. The predicted octanol–water partition coefficient (Wildman–Crippen LogP) is -0.576. The van der Waals surface area contributed by atoms with Crippen molar-refractivity contribution in [3.8, 4) is 0 Å². The normalized spacial score (nSPS) is 11.9. The zero-order chi connectivity index (χ0) is 9.56. The summed E-state index contributed by atoms with van der Waals surface area (Å²) < 4.78 is 0. The number of hydrogen-bond donors (Lipinski definition) is 4. The monoisotopic (exact) mass is 208 g/mol. The van der Waals surface area contributed by atoms with Crippen molar-refractivity contribution in [1.29, 1.82) is 0 Å². The number of thiol groups is 2. The molecule has 0 bridgehead atoms. The first-order chi connectivity index (χ1) is 5.61. The van der Waals surface area contributed by atoms with Crippen molar-refractivity contribution in [1.82, 2.24) is 10.6 Å². The highest BCUT2D eigenvalue weighted by Gasteiger charge is 2.15. The fourth-order valence-electron chi connectivity index (χ4n) is 0.641. The summed E-state index contributed by atoms with van der Waals surface area (Å²) in [6.45, 7) is 1.35. The van der Waals surface area contributed by atoms with Gasteiger partial charge in [-0.1, -0.05) is 0 Å². The zero-order valence-corrected chi connectivity index (χ0v) is 8.49. The van der Waals surface area contributed by atoms with E-state index in [4.69, 9.17) is 0 Å². The Labute approximate surface area is 82.3 Å². The first-order valence-corrected chi connectivity index (χ1v) is 4.64. The van der Waals surface area contributed by atoms with Gasteiger partial charge in [-0.05, 0) is 0 Å². The Balaban J connectivity index is 3.96. The molecule has 0 aliphatic heterocycles. The lowest BCUT2D eigenvalue weighted by Gasteiger charge is -2.13. The molecule has 0 aliphatic rings. The minimum absolute atomic E-state index is 0.247. The van der Waals surface area contributed by atoms with Crippen LogP contribution in [0.5, 0.6) is 0 Å². The van der Waals surface area contributed by atoms with Crippen molar-refractivity contribution in [3.05, 3.63) is 0 Å². The van der Waals surface area contributed by atoms with Crippen LogP contribution in [0.3, 0.4) is 0 Å². The van der Waals surface area contributed by atoms with Crippen molar-refractivity contribution in [3.63, 3.8) is 0 Å². The molecule has 0 saturated carbocycles. The van der Waals surface area contributed by atoms with Gasteiger partial charge in [0.15, 0.2) is 0 Å². The summed E-state index contributed by atoms with van der Waals surface area (Å²) in [5.74, 6) is 0.0144. The molecule has 0 fully saturated rings. The standard InChI is InChI=1S/C6H12N2O2S2/c1-4(9)8-5(2-11)6(10)7-3-12/h5,11-12H,2-3H2,1H3,(H,7,10)(H,8,9). The van der Waals surface area contributed by atoms with Crippen molar-refractivity contribution < 1.29 is 9.59 Å². The summed E-state index contributed by atoms with van der Waals surface area (Å²) in [5, 5.41) is 4.92. The molecule has 12 heavy (non-hydrogen) atoms. The smallest absolute Gasteiger partial charge is 0.244 e. The Morgan fingerprint density at radius 2 is 2.00 bits per heavy atom. The van der Waals surface area contributed by atoms with Gasteiger partial charge in [0.1, 0.15) is 6.04 Å². The number of carbonyl (C=O) groups is 2. The van der Waals surface area contributed by atoms with Gasteiger partial charge in [0.25, 0.3) is 0 Å². The first-order valence-electron chi connectivity index (χ1n) is 3.38. The van der Waals surface area contributed by atoms with Crippen LogP contribution in [0, 0.1) is 0 Å². The van der Waals surface area contributed by atoms with Gasteiger partial charge in [0.2, 0.25) is 11.8 Å². The Hall–Kier alpha value is -0.360. The Morgan fingerprint density at radius 1 is 1.42 bits per heavy atom. The van der Waals surface area contributed by atoms with Crippen LogP contribution >= 0.6 is 25.3 Å². The van der Waals surface area contributed by atoms with Gasteiger partial charge < -0.3 is 10.6 Å². The molecule has 1 unspecified atom stereocenters. The van der Waals surface area contributed by atoms with Crippen LogP contribution in [-0.4, -0.2) is 29.5 Å². The molecule has 0 radical (unpaired) electrons. The molecule has 0 rings (SSSR count). The molecule has 0 aliphatic carbocycles. The lowest BCUT2D eigenvalue weighted by Crippen LogP contribution is -2.46. The molecular formula is C6H12N2O2S2. The van der Waals surface area contributed by atoms with Gasteiger partial charge in [-0.2, -0.15) is 25.3 Å². The van der Waals surface area contributed by atoms with E-state index in [1.165, 1.54) is 6.92 Å². The van der Waals surface area contributed by atoms with E-state index in [0.29, 0.717) is 0 Å². The minimum atomic E-state index is -0.571. The lowest BCUT2D eigenvalue weighted by molar-refractivity contribution is -0.127. The van der Waals surface area contributed by atoms with Crippen molar-refractivity contribution in [2.45, 2.75) is 13.0 Å². The SMILES string of the molecule is CC(=O)NC(CS)C(=O)NCS. The zero-order valence-electron chi connectivity index (χ0n) is 6.70. The molecule has 1 atom stereocenters. The third kappa shape index (κ3) is 4.50. The Kier molecular flexibility index (Phi) is 6.00. The Bertz CT molecular complexity index is 175. The van der Waals surface area contributed by atoms with Crippen molar-refractivity contribution in [2.24, 2.45) is 0 Å². The average molecular weight is 208 g/mol. The van der Waals surface area contributed by atoms with Crippen LogP contribution < -0.4 is 10.6 Å². The summed E-state index contributed by atoms with van der Waals surface area (Å²) in [5.41, 5.74) is 0. The molecule has 6 heteroatoms. The number of carbonyl (C=O) groups excluding carboxylic acids is 2. The number of hydrogen-bond acceptors (Lipinski definition) is 4. The second kappa shape index (κ2) is 6.19. The molecule has 0 heterocycles. The summed E-state index contributed by atoms with van der Waals surface area (Å²) >= 11 is 7.74. The maximum absolute atomic E-state index is 11.1. The molecule has 0 saturated heterocycles. The molecule has 2 amide bonds. The lowest BCUT2D eigenvalue weighted by atomic mass is 10.3. The van der Waals surface area contributed by atoms with Gasteiger partial charge in [-0.15, -0.1) is 0 Å². The van der Waals surface area contributed by atoms with E-state index in [2.05, 4.69) is 35.9 Å². The van der Waals surface area contributed by atoms with Crippen LogP contribution in [0.15, 0.2) is 0 Å².